The molecule has 0 aliphatic carbocycles. The van der Waals surface area contributed by atoms with Crippen molar-refractivity contribution in [2.24, 2.45) is 5.41 Å². The number of carbonyl (C=O) groups is 1. The molecule has 4 nitrogen and oxygen atoms in total. The third kappa shape index (κ3) is 1.34. The minimum Gasteiger partial charge on any atom is -0.469 e. The molecule has 0 amide bonds. The average molecular weight is 187 g/mol. The van der Waals surface area contributed by atoms with E-state index in [4.69, 9.17) is 4.74 Å². The fourth-order valence-electron chi connectivity index (χ4n) is 1.64. The first-order chi connectivity index (χ1) is 6.00. The lowest BCUT2D eigenvalue weighted by Gasteiger charge is -2.48. The molecule has 0 aromatic carbocycles. The first-order valence-corrected chi connectivity index (χ1v) is 4.51. The van der Waals surface area contributed by atoms with Crippen LogP contribution in [0.25, 0.3) is 0 Å². The van der Waals surface area contributed by atoms with Gasteiger partial charge in [-0.25, -0.2) is 0 Å². The van der Waals surface area contributed by atoms with Crippen LogP contribution in [-0.4, -0.2) is 36.9 Å². The predicted octanol–water partition coefficient (Wildman–Crippen LogP) is -0.0900. The second kappa shape index (κ2) is 3.27. The highest BCUT2D eigenvalue weighted by Gasteiger charge is 2.55. The summed E-state index contributed by atoms with van der Waals surface area (Å²) in [4.78, 5) is 11.5. The van der Waals surface area contributed by atoms with Crippen molar-refractivity contribution < 1.29 is 14.6 Å². The first kappa shape index (κ1) is 10.5. The predicted molar refractivity (Wildman–Crippen MR) is 48.2 cm³/mol. The van der Waals surface area contributed by atoms with Gasteiger partial charge in [-0.3, -0.25) is 4.79 Å². The molecule has 1 unspecified atom stereocenters. The highest BCUT2D eigenvalue weighted by atomic mass is 16.5. The fourth-order valence-corrected chi connectivity index (χ4v) is 1.64. The van der Waals surface area contributed by atoms with Gasteiger partial charge in [0.1, 0.15) is 5.60 Å². The number of esters is 1. The molecule has 76 valence electrons. The Balaban J connectivity index is 2.85. The molecule has 1 fully saturated rings. The summed E-state index contributed by atoms with van der Waals surface area (Å²) in [6.45, 7) is 4.56. The topological polar surface area (TPSA) is 58.6 Å². The van der Waals surface area contributed by atoms with Crippen molar-refractivity contribution in [1.29, 1.82) is 0 Å². The van der Waals surface area contributed by atoms with Crippen molar-refractivity contribution in [3.05, 3.63) is 0 Å². The van der Waals surface area contributed by atoms with Crippen molar-refractivity contribution in [2.75, 3.05) is 20.2 Å². The van der Waals surface area contributed by atoms with Crippen molar-refractivity contribution in [3.63, 3.8) is 0 Å². The van der Waals surface area contributed by atoms with Crippen LogP contribution < -0.4 is 5.32 Å². The van der Waals surface area contributed by atoms with E-state index in [9.17, 15) is 9.90 Å². The molecule has 1 saturated heterocycles. The molecule has 1 heterocycles. The summed E-state index contributed by atoms with van der Waals surface area (Å²) >= 11 is 0. The molecule has 0 radical (unpaired) electrons. The monoisotopic (exact) mass is 187 g/mol. The molecule has 0 spiro atoms. The van der Waals surface area contributed by atoms with Gasteiger partial charge in [-0.15, -0.1) is 0 Å². The molecule has 1 aliphatic heterocycles. The largest absolute Gasteiger partial charge is 0.469 e. The standard InChI is InChI=1S/C9H17NO3/c1-4-8(2,7(11)13-3)9(12)5-10-6-9/h10,12H,4-6H2,1-3H3. The van der Waals surface area contributed by atoms with Gasteiger partial charge in [-0.05, 0) is 13.3 Å². The van der Waals surface area contributed by atoms with Crippen molar-refractivity contribution in [2.45, 2.75) is 25.9 Å². The summed E-state index contributed by atoms with van der Waals surface area (Å²) in [5.74, 6) is -0.334. The van der Waals surface area contributed by atoms with Crippen LogP contribution in [0.1, 0.15) is 20.3 Å². The average Bonchev–Trinajstić information content (AvgIpc) is 2.11. The van der Waals surface area contributed by atoms with E-state index in [2.05, 4.69) is 5.32 Å². The van der Waals surface area contributed by atoms with Crippen LogP contribution in [0.2, 0.25) is 0 Å². The number of rotatable bonds is 3. The summed E-state index contributed by atoms with van der Waals surface area (Å²) < 4.78 is 4.70. The Morgan fingerprint density at radius 1 is 1.69 bits per heavy atom. The number of β-amino-alcohol motifs (C(OH)–C–C–N with tert-alkyl or cyclic N) is 1. The van der Waals surface area contributed by atoms with E-state index in [-0.39, 0.29) is 5.97 Å². The van der Waals surface area contributed by atoms with Crippen LogP contribution in [0.15, 0.2) is 0 Å². The van der Waals surface area contributed by atoms with E-state index in [1.807, 2.05) is 6.92 Å². The maximum absolute atomic E-state index is 11.5. The summed E-state index contributed by atoms with van der Waals surface area (Å²) in [6.07, 6.45) is 0.581. The lowest BCUT2D eigenvalue weighted by molar-refractivity contribution is -0.178. The van der Waals surface area contributed by atoms with Crippen LogP contribution in [0.4, 0.5) is 0 Å². The molecular formula is C9H17NO3. The molecule has 13 heavy (non-hydrogen) atoms. The Morgan fingerprint density at radius 3 is 2.46 bits per heavy atom. The zero-order valence-corrected chi connectivity index (χ0v) is 8.39. The second-order valence-corrected chi connectivity index (χ2v) is 3.81. The van der Waals surface area contributed by atoms with Gasteiger partial charge >= 0.3 is 5.97 Å². The molecule has 1 atom stereocenters. The van der Waals surface area contributed by atoms with E-state index in [0.29, 0.717) is 19.5 Å². The maximum atomic E-state index is 11.5. The van der Waals surface area contributed by atoms with E-state index in [1.54, 1.807) is 6.92 Å². The Morgan fingerprint density at radius 2 is 2.23 bits per heavy atom. The van der Waals surface area contributed by atoms with Gasteiger partial charge in [0.05, 0.1) is 12.5 Å². The minimum absolute atomic E-state index is 0.334. The number of aliphatic hydroxyl groups is 1. The molecule has 0 saturated carbocycles. The fraction of sp³-hybridized carbons (Fsp3) is 0.889. The van der Waals surface area contributed by atoms with Gasteiger partial charge in [-0.2, -0.15) is 0 Å². The number of ether oxygens (including phenoxy) is 1. The number of methoxy groups -OCH3 is 1. The SMILES string of the molecule is CCC(C)(C(=O)OC)C1(O)CNC1. The van der Waals surface area contributed by atoms with Crippen molar-refractivity contribution in [1.82, 2.24) is 5.32 Å². The lowest BCUT2D eigenvalue weighted by Crippen LogP contribution is -2.69. The molecule has 0 bridgehead atoms. The van der Waals surface area contributed by atoms with Crippen LogP contribution in [0.3, 0.4) is 0 Å². The summed E-state index contributed by atoms with van der Waals surface area (Å²) in [7, 11) is 1.35. The summed E-state index contributed by atoms with van der Waals surface area (Å²) in [6, 6.07) is 0. The highest BCUT2D eigenvalue weighted by molar-refractivity contribution is 5.78. The smallest absolute Gasteiger partial charge is 0.314 e. The summed E-state index contributed by atoms with van der Waals surface area (Å²) in [5.41, 5.74) is -1.72. The first-order valence-electron chi connectivity index (χ1n) is 4.51. The minimum atomic E-state index is -0.936. The molecule has 0 aromatic rings. The Bertz CT molecular complexity index is 213. The third-order valence-corrected chi connectivity index (χ3v) is 3.21. The van der Waals surface area contributed by atoms with Crippen LogP contribution in [0, 0.1) is 5.41 Å². The normalized spacial score (nSPS) is 24.3. The van der Waals surface area contributed by atoms with E-state index < -0.39 is 11.0 Å². The van der Waals surface area contributed by atoms with Crippen LogP contribution in [-0.2, 0) is 9.53 Å². The van der Waals surface area contributed by atoms with Crippen LogP contribution >= 0.6 is 0 Å². The van der Waals surface area contributed by atoms with Crippen molar-refractivity contribution in [3.8, 4) is 0 Å². The number of hydrogen-bond acceptors (Lipinski definition) is 4. The number of hydrogen-bond donors (Lipinski definition) is 2. The highest BCUT2D eigenvalue weighted by Crippen LogP contribution is 2.38. The number of nitrogens with one attached hydrogen (secondary N) is 1. The molecule has 2 N–H and O–H groups in total. The van der Waals surface area contributed by atoms with Gasteiger partial charge in [0, 0.05) is 13.1 Å². The Kier molecular flexibility index (Phi) is 2.63. The zero-order valence-electron chi connectivity index (χ0n) is 8.39. The summed E-state index contributed by atoms with van der Waals surface area (Å²) in [5, 5.41) is 13.0. The second-order valence-electron chi connectivity index (χ2n) is 3.81. The van der Waals surface area contributed by atoms with E-state index in [0.717, 1.165) is 0 Å². The van der Waals surface area contributed by atoms with Crippen LogP contribution in [0.5, 0.6) is 0 Å². The zero-order chi connectivity index (χ0) is 10.1. The Labute approximate surface area is 78.3 Å². The third-order valence-electron chi connectivity index (χ3n) is 3.21. The van der Waals surface area contributed by atoms with Gasteiger partial charge < -0.3 is 15.2 Å². The van der Waals surface area contributed by atoms with Gasteiger partial charge in [-0.1, -0.05) is 6.92 Å². The van der Waals surface area contributed by atoms with Gasteiger partial charge in [0.2, 0.25) is 0 Å². The van der Waals surface area contributed by atoms with Crippen molar-refractivity contribution >= 4 is 5.97 Å². The molecule has 1 aliphatic rings. The quantitative estimate of drug-likeness (QED) is 0.606. The molecule has 1 rings (SSSR count). The lowest BCUT2D eigenvalue weighted by atomic mass is 9.68. The molecule has 4 heteroatoms. The number of carbonyl (C=O) groups excluding carboxylic acids is 1. The van der Waals surface area contributed by atoms with Gasteiger partial charge in [0.15, 0.2) is 0 Å². The van der Waals surface area contributed by atoms with E-state index >= 15 is 0 Å². The van der Waals surface area contributed by atoms with Gasteiger partial charge in [0.25, 0.3) is 0 Å². The Hall–Kier alpha value is -0.610. The molecular weight excluding hydrogens is 170 g/mol. The molecule has 0 aromatic heterocycles. The van der Waals surface area contributed by atoms with E-state index in [1.165, 1.54) is 7.11 Å². The maximum Gasteiger partial charge on any atom is 0.314 e.